The second kappa shape index (κ2) is 9.60. The molecule has 0 saturated heterocycles. The Balaban J connectivity index is 1.62. The van der Waals surface area contributed by atoms with E-state index < -0.39 is 0 Å². The molecule has 0 radical (unpaired) electrons. The molecule has 0 aliphatic heterocycles. The Morgan fingerprint density at radius 3 is 2.74 bits per heavy atom. The minimum absolute atomic E-state index is 0.143. The highest BCUT2D eigenvalue weighted by atomic mass is 35.5. The van der Waals surface area contributed by atoms with Crippen LogP contribution in [0.3, 0.4) is 0 Å². The van der Waals surface area contributed by atoms with Crippen LogP contribution in [0.25, 0.3) is 0 Å². The molecule has 27 heavy (non-hydrogen) atoms. The number of pyridine rings is 1. The molecule has 3 rings (SSSR count). The average Bonchev–Trinajstić information content (AvgIpc) is 3.07. The first-order valence-electron chi connectivity index (χ1n) is 8.53. The van der Waals surface area contributed by atoms with Crippen LogP contribution < -0.4 is 10.1 Å². The first-order chi connectivity index (χ1) is 13.1. The van der Waals surface area contributed by atoms with E-state index in [-0.39, 0.29) is 13.2 Å². The third-order valence-corrected chi connectivity index (χ3v) is 4.23. The molecule has 0 spiro atoms. The molecular weight excluding hydrogens is 387 g/mol. The lowest BCUT2D eigenvalue weighted by Crippen LogP contribution is -2.09. The van der Waals surface area contributed by atoms with E-state index in [1.54, 1.807) is 18.3 Å². The third kappa shape index (κ3) is 5.85. The lowest BCUT2D eigenvalue weighted by molar-refractivity contribution is 0.279. The first-order valence-corrected chi connectivity index (χ1v) is 9.29. The standard InChI is InChI=1S/C19H20Cl2N4O2/c20-15-9-14(10-16(21)11-15)12-25-7-6-23-18(25)13-27-19-4-1-3-17(24-19)22-5-2-8-26/h1,3-4,6-7,9-11,26H,2,5,8,12-13H2,(H,22,24). The Bertz CT molecular complexity index is 865. The van der Waals surface area contributed by atoms with Crippen LogP contribution in [0, 0.1) is 0 Å². The summed E-state index contributed by atoms with van der Waals surface area (Å²) in [5.41, 5.74) is 0.986. The number of aromatic nitrogens is 3. The smallest absolute Gasteiger partial charge is 0.215 e. The Morgan fingerprint density at radius 2 is 1.96 bits per heavy atom. The normalized spacial score (nSPS) is 10.8. The van der Waals surface area contributed by atoms with Crippen LogP contribution in [0.4, 0.5) is 5.82 Å². The van der Waals surface area contributed by atoms with Gasteiger partial charge in [0, 0.05) is 48.2 Å². The van der Waals surface area contributed by atoms with Crippen LogP contribution in [0.15, 0.2) is 48.8 Å². The number of halogens is 2. The monoisotopic (exact) mass is 406 g/mol. The summed E-state index contributed by atoms with van der Waals surface area (Å²) in [6.45, 7) is 1.67. The predicted octanol–water partition coefficient (Wildman–Crippen LogP) is 4.01. The Kier molecular flexibility index (Phi) is 6.92. The molecule has 0 fully saturated rings. The molecule has 0 unspecified atom stereocenters. The molecule has 0 amide bonds. The van der Waals surface area contributed by atoms with Gasteiger partial charge >= 0.3 is 0 Å². The van der Waals surface area contributed by atoms with Crippen molar-refractivity contribution in [2.24, 2.45) is 0 Å². The number of aliphatic hydroxyl groups is 1. The van der Waals surface area contributed by atoms with E-state index in [2.05, 4.69) is 15.3 Å². The summed E-state index contributed by atoms with van der Waals surface area (Å²) in [7, 11) is 0. The van der Waals surface area contributed by atoms with Crippen molar-refractivity contribution in [2.45, 2.75) is 19.6 Å². The topological polar surface area (TPSA) is 72.2 Å². The van der Waals surface area contributed by atoms with Gasteiger partial charge in [0.25, 0.3) is 0 Å². The maximum Gasteiger partial charge on any atom is 0.215 e. The molecule has 0 aliphatic rings. The summed E-state index contributed by atoms with van der Waals surface area (Å²) in [6.07, 6.45) is 4.27. The zero-order chi connectivity index (χ0) is 19.1. The fourth-order valence-electron chi connectivity index (χ4n) is 2.55. The number of nitrogens with one attached hydrogen (secondary N) is 1. The van der Waals surface area contributed by atoms with Crippen molar-refractivity contribution in [1.29, 1.82) is 0 Å². The molecule has 2 heterocycles. The number of ether oxygens (including phenoxy) is 1. The van der Waals surface area contributed by atoms with E-state index in [0.717, 1.165) is 11.4 Å². The average molecular weight is 407 g/mol. The largest absolute Gasteiger partial charge is 0.469 e. The van der Waals surface area contributed by atoms with Crippen LogP contribution >= 0.6 is 23.2 Å². The van der Waals surface area contributed by atoms with Crippen molar-refractivity contribution in [3.05, 3.63) is 70.2 Å². The molecule has 0 aliphatic carbocycles. The molecule has 6 nitrogen and oxygen atoms in total. The van der Waals surface area contributed by atoms with Crippen LogP contribution in [0.1, 0.15) is 17.8 Å². The summed E-state index contributed by atoms with van der Waals surface area (Å²) in [5, 5.41) is 13.2. The number of benzene rings is 1. The van der Waals surface area contributed by atoms with Gasteiger partial charge in [-0.05, 0) is 36.2 Å². The Morgan fingerprint density at radius 1 is 1.15 bits per heavy atom. The molecule has 142 valence electrons. The van der Waals surface area contributed by atoms with Gasteiger partial charge in [-0.3, -0.25) is 0 Å². The Labute approximate surface area is 167 Å². The fourth-order valence-corrected chi connectivity index (χ4v) is 3.12. The van der Waals surface area contributed by atoms with Gasteiger partial charge in [-0.2, -0.15) is 4.98 Å². The highest BCUT2D eigenvalue weighted by Crippen LogP contribution is 2.20. The Hall–Kier alpha value is -2.28. The van der Waals surface area contributed by atoms with Crippen molar-refractivity contribution in [3.8, 4) is 5.88 Å². The van der Waals surface area contributed by atoms with Crippen molar-refractivity contribution >= 4 is 29.0 Å². The highest BCUT2D eigenvalue weighted by Gasteiger charge is 2.07. The molecule has 1 aromatic carbocycles. The minimum Gasteiger partial charge on any atom is -0.469 e. The van der Waals surface area contributed by atoms with Gasteiger partial charge in [0.2, 0.25) is 5.88 Å². The van der Waals surface area contributed by atoms with Crippen molar-refractivity contribution in [2.75, 3.05) is 18.5 Å². The van der Waals surface area contributed by atoms with Gasteiger partial charge in [0.1, 0.15) is 18.2 Å². The SMILES string of the molecule is OCCCNc1cccc(OCc2nccn2Cc2cc(Cl)cc(Cl)c2)n1. The lowest BCUT2D eigenvalue weighted by atomic mass is 10.2. The van der Waals surface area contributed by atoms with Crippen molar-refractivity contribution in [3.63, 3.8) is 0 Å². The first kappa shape index (κ1) is 19.5. The van der Waals surface area contributed by atoms with Crippen LogP contribution in [0.2, 0.25) is 10.0 Å². The maximum absolute atomic E-state index is 8.84. The predicted molar refractivity (Wildman–Crippen MR) is 107 cm³/mol. The number of hydrogen-bond donors (Lipinski definition) is 2. The molecule has 3 aromatic rings. The second-order valence-corrected chi connectivity index (χ2v) is 6.78. The van der Waals surface area contributed by atoms with Crippen molar-refractivity contribution in [1.82, 2.24) is 14.5 Å². The van der Waals surface area contributed by atoms with E-state index in [1.165, 1.54) is 0 Å². The quantitative estimate of drug-likeness (QED) is 0.525. The molecular formula is C19H20Cl2N4O2. The van der Waals surface area contributed by atoms with Gasteiger partial charge in [-0.15, -0.1) is 0 Å². The number of anilines is 1. The van der Waals surface area contributed by atoms with Crippen LogP contribution in [0.5, 0.6) is 5.88 Å². The van der Waals surface area contributed by atoms with Gasteiger partial charge in [-0.25, -0.2) is 4.98 Å². The van der Waals surface area contributed by atoms with Gasteiger partial charge in [0.15, 0.2) is 0 Å². The molecule has 2 aromatic heterocycles. The number of aliphatic hydroxyl groups excluding tert-OH is 1. The summed E-state index contributed by atoms with van der Waals surface area (Å²) in [5.74, 6) is 1.98. The zero-order valence-electron chi connectivity index (χ0n) is 14.6. The zero-order valence-corrected chi connectivity index (χ0v) is 16.1. The highest BCUT2D eigenvalue weighted by molar-refractivity contribution is 6.34. The molecule has 8 heteroatoms. The number of rotatable bonds is 9. The fraction of sp³-hybridized carbons (Fsp3) is 0.263. The third-order valence-electron chi connectivity index (χ3n) is 3.79. The summed E-state index contributed by atoms with van der Waals surface area (Å²) >= 11 is 12.1. The van der Waals surface area contributed by atoms with Gasteiger partial charge in [0.05, 0.1) is 0 Å². The summed E-state index contributed by atoms with van der Waals surface area (Å²) in [4.78, 5) is 8.75. The van der Waals surface area contributed by atoms with Crippen LogP contribution in [-0.2, 0) is 13.2 Å². The molecule has 2 N–H and O–H groups in total. The lowest BCUT2D eigenvalue weighted by Gasteiger charge is -2.11. The molecule has 0 atom stereocenters. The second-order valence-electron chi connectivity index (χ2n) is 5.90. The number of nitrogens with zero attached hydrogens (tertiary/aromatic N) is 3. The summed E-state index contributed by atoms with van der Waals surface area (Å²) < 4.78 is 7.76. The summed E-state index contributed by atoms with van der Waals surface area (Å²) in [6, 6.07) is 11.0. The van der Waals surface area contributed by atoms with Crippen molar-refractivity contribution < 1.29 is 9.84 Å². The minimum atomic E-state index is 0.143. The van der Waals surface area contributed by atoms with E-state index in [9.17, 15) is 0 Å². The molecule has 0 saturated carbocycles. The maximum atomic E-state index is 8.84. The van der Waals surface area contributed by atoms with E-state index in [0.29, 0.717) is 41.3 Å². The van der Waals surface area contributed by atoms with Crippen LogP contribution in [-0.4, -0.2) is 32.8 Å². The molecule has 0 bridgehead atoms. The number of imidazole rings is 1. The van der Waals surface area contributed by atoms with E-state index >= 15 is 0 Å². The van der Waals surface area contributed by atoms with Gasteiger partial charge < -0.3 is 19.7 Å². The van der Waals surface area contributed by atoms with E-state index in [4.69, 9.17) is 33.0 Å². The van der Waals surface area contributed by atoms with E-state index in [1.807, 2.05) is 35.0 Å². The number of hydrogen-bond acceptors (Lipinski definition) is 5. The van der Waals surface area contributed by atoms with Gasteiger partial charge in [-0.1, -0.05) is 29.3 Å².